The molecule has 94 valence electrons. The third-order valence-corrected chi connectivity index (χ3v) is 2.32. The molecule has 0 unspecified atom stereocenters. The minimum Gasteiger partial charge on any atom is -0.384 e. The van der Waals surface area contributed by atoms with E-state index in [-0.39, 0.29) is 5.84 Å². The summed E-state index contributed by atoms with van der Waals surface area (Å²) >= 11 is 0. The Kier molecular flexibility index (Phi) is 2.82. The van der Waals surface area contributed by atoms with Gasteiger partial charge in [0.25, 0.3) is 0 Å². The highest BCUT2D eigenvalue weighted by Crippen LogP contribution is 2.28. The van der Waals surface area contributed by atoms with Crippen molar-refractivity contribution in [1.82, 2.24) is 9.78 Å². The molecular formula is C11H9F3N4. The quantitative estimate of drug-likeness (QED) is 0.637. The Labute approximate surface area is 100 Å². The highest BCUT2D eigenvalue weighted by Gasteiger charge is 2.33. The van der Waals surface area contributed by atoms with Gasteiger partial charge in [-0.1, -0.05) is 12.1 Å². The van der Waals surface area contributed by atoms with E-state index >= 15 is 0 Å². The highest BCUT2D eigenvalue weighted by atomic mass is 19.4. The van der Waals surface area contributed by atoms with E-state index in [1.807, 2.05) is 0 Å². The third-order valence-electron chi connectivity index (χ3n) is 2.32. The van der Waals surface area contributed by atoms with Crippen LogP contribution < -0.4 is 5.73 Å². The number of alkyl halides is 3. The van der Waals surface area contributed by atoms with Gasteiger partial charge in [-0.05, 0) is 18.2 Å². The molecule has 0 saturated carbocycles. The maximum Gasteiger partial charge on any atom is 0.435 e. The summed E-state index contributed by atoms with van der Waals surface area (Å²) in [4.78, 5) is 0. The molecule has 1 heterocycles. The van der Waals surface area contributed by atoms with Crippen LogP contribution in [0.25, 0.3) is 5.69 Å². The number of halogens is 3. The van der Waals surface area contributed by atoms with Crippen molar-refractivity contribution >= 4 is 5.84 Å². The number of para-hydroxylation sites is 1. The van der Waals surface area contributed by atoms with Crippen LogP contribution in [-0.2, 0) is 6.18 Å². The Hall–Kier alpha value is -2.31. The van der Waals surface area contributed by atoms with E-state index in [0.717, 1.165) is 10.7 Å². The van der Waals surface area contributed by atoms with Gasteiger partial charge >= 0.3 is 6.18 Å². The minimum atomic E-state index is -4.49. The van der Waals surface area contributed by atoms with E-state index in [1.165, 1.54) is 6.20 Å². The standard InChI is InChI=1S/C11H9F3N4/c12-11(13,14)9-5-6-18(17-9)8-4-2-1-3-7(8)10(15)16/h1-6H,(H3,15,16). The lowest BCUT2D eigenvalue weighted by Gasteiger charge is -2.08. The van der Waals surface area contributed by atoms with Crippen LogP contribution in [0.5, 0.6) is 0 Å². The van der Waals surface area contributed by atoms with Crippen LogP contribution in [0.3, 0.4) is 0 Å². The molecule has 18 heavy (non-hydrogen) atoms. The van der Waals surface area contributed by atoms with Crippen molar-refractivity contribution in [2.45, 2.75) is 6.18 Å². The lowest BCUT2D eigenvalue weighted by atomic mass is 10.1. The van der Waals surface area contributed by atoms with Crippen molar-refractivity contribution in [1.29, 1.82) is 5.41 Å². The van der Waals surface area contributed by atoms with E-state index in [2.05, 4.69) is 5.10 Å². The fraction of sp³-hybridized carbons (Fsp3) is 0.0909. The van der Waals surface area contributed by atoms with Gasteiger partial charge in [0.05, 0.1) is 5.69 Å². The second-order valence-corrected chi connectivity index (χ2v) is 3.57. The van der Waals surface area contributed by atoms with Crippen LogP contribution in [0, 0.1) is 5.41 Å². The van der Waals surface area contributed by atoms with Crippen LogP contribution in [-0.4, -0.2) is 15.6 Å². The third kappa shape index (κ3) is 2.20. The molecule has 1 aromatic heterocycles. The number of nitrogen functional groups attached to an aromatic ring is 1. The first-order chi connectivity index (χ1) is 8.39. The van der Waals surface area contributed by atoms with Gasteiger partial charge in [-0.15, -0.1) is 0 Å². The molecule has 1 aromatic carbocycles. The number of rotatable bonds is 2. The first-order valence-corrected chi connectivity index (χ1v) is 4.96. The Morgan fingerprint density at radius 3 is 2.44 bits per heavy atom. The van der Waals surface area contributed by atoms with Crippen molar-refractivity contribution in [2.75, 3.05) is 0 Å². The Morgan fingerprint density at radius 2 is 1.89 bits per heavy atom. The van der Waals surface area contributed by atoms with Gasteiger partial charge in [0.2, 0.25) is 0 Å². The van der Waals surface area contributed by atoms with Crippen molar-refractivity contribution < 1.29 is 13.2 Å². The zero-order valence-electron chi connectivity index (χ0n) is 9.07. The average molecular weight is 254 g/mol. The number of nitrogens with two attached hydrogens (primary N) is 1. The lowest BCUT2D eigenvalue weighted by Crippen LogP contribution is -2.15. The van der Waals surface area contributed by atoms with Crippen LogP contribution in [0.15, 0.2) is 36.5 Å². The largest absolute Gasteiger partial charge is 0.435 e. The van der Waals surface area contributed by atoms with Crippen molar-refractivity contribution in [3.8, 4) is 5.69 Å². The number of amidine groups is 1. The molecule has 7 heteroatoms. The highest BCUT2D eigenvalue weighted by molar-refractivity contribution is 5.98. The minimum absolute atomic E-state index is 0.227. The summed E-state index contributed by atoms with van der Waals surface area (Å²) in [5.74, 6) is -0.227. The molecule has 2 rings (SSSR count). The molecule has 4 nitrogen and oxygen atoms in total. The summed E-state index contributed by atoms with van der Waals surface area (Å²) in [6.07, 6.45) is -3.30. The fourth-order valence-corrected chi connectivity index (χ4v) is 1.51. The van der Waals surface area contributed by atoms with Gasteiger partial charge in [-0.25, -0.2) is 4.68 Å². The normalized spacial score (nSPS) is 11.5. The van der Waals surface area contributed by atoms with Crippen molar-refractivity contribution in [2.24, 2.45) is 5.73 Å². The van der Waals surface area contributed by atoms with E-state index in [1.54, 1.807) is 24.3 Å². The number of nitrogens with one attached hydrogen (secondary N) is 1. The first kappa shape index (κ1) is 12.2. The summed E-state index contributed by atoms with van der Waals surface area (Å²) in [5.41, 5.74) is 5.04. The Bertz CT molecular complexity index is 586. The molecule has 0 amide bonds. The average Bonchev–Trinajstić information content (AvgIpc) is 2.77. The summed E-state index contributed by atoms with van der Waals surface area (Å²) in [6, 6.07) is 7.25. The van der Waals surface area contributed by atoms with Gasteiger partial charge in [0.15, 0.2) is 5.69 Å². The SMILES string of the molecule is N=C(N)c1ccccc1-n1ccc(C(F)(F)F)n1. The van der Waals surface area contributed by atoms with E-state index < -0.39 is 11.9 Å². The second-order valence-electron chi connectivity index (χ2n) is 3.57. The van der Waals surface area contributed by atoms with Crippen LogP contribution in [0.4, 0.5) is 13.2 Å². The smallest absolute Gasteiger partial charge is 0.384 e. The summed E-state index contributed by atoms with van der Waals surface area (Å²) in [5, 5.41) is 10.8. The van der Waals surface area contributed by atoms with Gasteiger partial charge in [-0.3, -0.25) is 5.41 Å². The molecule has 0 bridgehead atoms. The number of hydrogen-bond donors (Lipinski definition) is 2. The van der Waals surface area contributed by atoms with Gasteiger partial charge in [-0.2, -0.15) is 18.3 Å². The predicted molar refractivity (Wildman–Crippen MR) is 59.6 cm³/mol. The Balaban J connectivity index is 2.50. The summed E-state index contributed by atoms with van der Waals surface area (Å²) in [7, 11) is 0. The molecule has 0 fully saturated rings. The molecule has 0 aliphatic heterocycles. The van der Waals surface area contributed by atoms with Gasteiger partial charge < -0.3 is 5.73 Å². The zero-order chi connectivity index (χ0) is 13.3. The van der Waals surface area contributed by atoms with Crippen molar-refractivity contribution in [3.63, 3.8) is 0 Å². The molecule has 0 radical (unpaired) electrons. The second kappa shape index (κ2) is 4.17. The molecule has 0 aliphatic carbocycles. The molecule has 0 atom stereocenters. The first-order valence-electron chi connectivity index (χ1n) is 4.96. The molecule has 0 spiro atoms. The van der Waals surface area contributed by atoms with E-state index in [4.69, 9.17) is 11.1 Å². The molecule has 0 aliphatic rings. The summed E-state index contributed by atoms with van der Waals surface area (Å²) < 4.78 is 38.4. The zero-order valence-corrected chi connectivity index (χ0v) is 9.07. The van der Waals surface area contributed by atoms with Crippen LogP contribution in [0.2, 0.25) is 0 Å². The number of benzene rings is 1. The predicted octanol–water partition coefficient (Wildman–Crippen LogP) is 2.18. The maximum atomic E-state index is 12.4. The topological polar surface area (TPSA) is 67.7 Å². The van der Waals surface area contributed by atoms with Crippen LogP contribution >= 0.6 is 0 Å². The van der Waals surface area contributed by atoms with Crippen molar-refractivity contribution in [3.05, 3.63) is 47.8 Å². The Morgan fingerprint density at radius 1 is 1.22 bits per heavy atom. The van der Waals surface area contributed by atoms with Gasteiger partial charge in [0.1, 0.15) is 5.84 Å². The molecule has 2 aromatic rings. The lowest BCUT2D eigenvalue weighted by molar-refractivity contribution is -0.141. The van der Waals surface area contributed by atoms with Crippen LogP contribution in [0.1, 0.15) is 11.3 Å². The number of aromatic nitrogens is 2. The summed E-state index contributed by atoms with van der Waals surface area (Å²) in [6.45, 7) is 0. The van der Waals surface area contributed by atoms with E-state index in [0.29, 0.717) is 11.3 Å². The maximum absolute atomic E-state index is 12.4. The van der Waals surface area contributed by atoms with Gasteiger partial charge in [0, 0.05) is 11.8 Å². The molecule has 3 N–H and O–H groups in total. The molecule has 0 saturated heterocycles. The molecular weight excluding hydrogens is 245 g/mol. The monoisotopic (exact) mass is 254 g/mol. The fourth-order valence-electron chi connectivity index (χ4n) is 1.51. The van der Waals surface area contributed by atoms with E-state index in [9.17, 15) is 13.2 Å². The number of nitrogens with zero attached hydrogens (tertiary/aromatic N) is 2. The number of hydrogen-bond acceptors (Lipinski definition) is 2.